The molecule has 0 aromatic heterocycles. The Balaban J connectivity index is 1.88. The highest BCUT2D eigenvalue weighted by atomic mass is 16.3. The zero-order valence-electron chi connectivity index (χ0n) is 12.8. The summed E-state index contributed by atoms with van der Waals surface area (Å²) in [5.74, 6) is 3.34. The number of rotatable bonds is 0. The van der Waals surface area contributed by atoms with Gasteiger partial charge in [-0.25, -0.2) is 0 Å². The van der Waals surface area contributed by atoms with Crippen LogP contribution in [0.25, 0.3) is 6.08 Å². The molecule has 22 heavy (non-hydrogen) atoms. The SMILES string of the molecule is C#C[C@]1(O)CCC2=C3C=Cc4cc(O)ccc4C3CCC21C. The van der Waals surface area contributed by atoms with E-state index in [0.29, 0.717) is 18.1 Å². The van der Waals surface area contributed by atoms with E-state index in [0.717, 1.165) is 24.8 Å². The Morgan fingerprint density at radius 1 is 1.27 bits per heavy atom. The molecule has 2 heteroatoms. The number of benzene rings is 1. The Labute approximate surface area is 131 Å². The lowest BCUT2D eigenvalue weighted by Gasteiger charge is -2.44. The molecular weight excluding hydrogens is 272 g/mol. The van der Waals surface area contributed by atoms with Gasteiger partial charge in [-0.15, -0.1) is 6.42 Å². The van der Waals surface area contributed by atoms with Crippen LogP contribution in [0.3, 0.4) is 0 Å². The summed E-state index contributed by atoms with van der Waals surface area (Å²) in [7, 11) is 0. The van der Waals surface area contributed by atoms with Crippen molar-refractivity contribution in [1.82, 2.24) is 0 Å². The lowest BCUT2D eigenvalue weighted by Crippen LogP contribution is -2.43. The molecule has 1 aromatic carbocycles. The van der Waals surface area contributed by atoms with Crippen LogP contribution in [0, 0.1) is 17.8 Å². The number of aromatic hydroxyl groups is 1. The van der Waals surface area contributed by atoms with Gasteiger partial charge in [0.15, 0.2) is 0 Å². The molecule has 2 N–H and O–H groups in total. The Morgan fingerprint density at radius 3 is 2.86 bits per heavy atom. The molecule has 2 unspecified atom stereocenters. The molecule has 1 fully saturated rings. The molecule has 0 aliphatic heterocycles. The molecule has 3 atom stereocenters. The number of hydrogen-bond donors (Lipinski definition) is 2. The number of terminal acetylenes is 1. The second-order valence-corrected chi connectivity index (χ2v) is 7.01. The van der Waals surface area contributed by atoms with E-state index in [1.165, 1.54) is 16.7 Å². The molecule has 1 aromatic rings. The van der Waals surface area contributed by atoms with E-state index in [2.05, 4.69) is 25.0 Å². The van der Waals surface area contributed by atoms with Gasteiger partial charge in [0, 0.05) is 11.3 Å². The van der Waals surface area contributed by atoms with Crippen molar-refractivity contribution < 1.29 is 10.2 Å². The van der Waals surface area contributed by atoms with Gasteiger partial charge in [0.25, 0.3) is 0 Å². The van der Waals surface area contributed by atoms with Crippen LogP contribution in [0.4, 0.5) is 0 Å². The smallest absolute Gasteiger partial charge is 0.134 e. The first-order valence-corrected chi connectivity index (χ1v) is 7.93. The van der Waals surface area contributed by atoms with Gasteiger partial charge >= 0.3 is 0 Å². The van der Waals surface area contributed by atoms with Gasteiger partial charge in [-0.2, -0.15) is 0 Å². The zero-order chi connectivity index (χ0) is 15.5. The third kappa shape index (κ3) is 1.55. The minimum atomic E-state index is -1.01. The maximum absolute atomic E-state index is 10.8. The molecule has 0 saturated heterocycles. The lowest BCUT2D eigenvalue weighted by atomic mass is 9.61. The molecule has 1 saturated carbocycles. The van der Waals surface area contributed by atoms with E-state index in [1.807, 2.05) is 12.1 Å². The Kier molecular flexibility index (Phi) is 2.65. The fourth-order valence-electron chi connectivity index (χ4n) is 4.70. The third-order valence-electron chi connectivity index (χ3n) is 6.10. The second kappa shape index (κ2) is 4.27. The van der Waals surface area contributed by atoms with Crippen LogP contribution in [0.1, 0.15) is 49.7 Å². The fourth-order valence-corrected chi connectivity index (χ4v) is 4.70. The summed E-state index contributed by atoms with van der Waals surface area (Å²) in [6, 6.07) is 5.62. The standard InChI is InChI=1S/C20H20O2/c1-3-20(22)11-9-18-17-6-4-13-12-14(21)5-7-15(13)16(17)8-10-19(18,20)2/h1,4-7,12,16,21-22H,8-11H2,2H3/t16?,19?,20-/m0/s1. The maximum atomic E-state index is 10.8. The molecule has 4 rings (SSSR count). The average Bonchev–Trinajstić information content (AvgIpc) is 2.79. The summed E-state index contributed by atoms with van der Waals surface area (Å²) in [6.07, 6.45) is 13.3. The minimum absolute atomic E-state index is 0.299. The van der Waals surface area contributed by atoms with Gasteiger partial charge in [0.2, 0.25) is 0 Å². The van der Waals surface area contributed by atoms with Crippen LogP contribution in [-0.2, 0) is 0 Å². The minimum Gasteiger partial charge on any atom is -0.508 e. The molecule has 0 heterocycles. The second-order valence-electron chi connectivity index (χ2n) is 7.01. The van der Waals surface area contributed by atoms with Gasteiger partial charge < -0.3 is 10.2 Å². The lowest BCUT2D eigenvalue weighted by molar-refractivity contribution is 0.00627. The number of allylic oxidation sites excluding steroid dienone is 2. The topological polar surface area (TPSA) is 40.5 Å². The highest BCUT2D eigenvalue weighted by Crippen LogP contribution is 2.60. The third-order valence-corrected chi connectivity index (χ3v) is 6.10. The molecule has 0 spiro atoms. The summed E-state index contributed by atoms with van der Waals surface area (Å²) < 4.78 is 0. The quantitative estimate of drug-likeness (QED) is 0.715. The first-order chi connectivity index (χ1) is 10.5. The first kappa shape index (κ1) is 13.7. The van der Waals surface area contributed by atoms with Crippen molar-refractivity contribution in [2.24, 2.45) is 5.41 Å². The predicted molar refractivity (Wildman–Crippen MR) is 87.3 cm³/mol. The Bertz CT molecular complexity index is 764. The molecule has 3 aliphatic rings. The van der Waals surface area contributed by atoms with Crippen LogP contribution in [-0.4, -0.2) is 15.8 Å². The van der Waals surface area contributed by atoms with E-state index < -0.39 is 5.60 Å². The molecule has 112 valence electrons. The number of phenolic OH excluding ortho intramolecular Hbond substituents is 1. The van der Waals surface area contributed by atoms with Gasteiger partial charge in [0.05, 0.1) is 0 Å². The van der Waals surface area contributed by atoms with Crippen molar-refractivity contribution in [3.63, 3.8) is 0 Å². The number of aliphatic hydroxyl groups is 1. The predicted octanol–water partition coefficient (Wildman–Crippen LogP) is 3.76. The molecule has 0 bridgehead atoms. The molecule has 3 aliphatic carbocycles. The summed E-state index contributed by atoms with van der Waals surface area (Å²) in [5, 5.41) is 20.5. The normalized spacial score (nSPS) is 35.6. The average molecular weight is 292 g/mol. The number of hydrogen-bond acceptors (Lipinski definition) is 2. The van der Waals surface area contributed by atoms with Gasteiger partial charge in [-0.05, 0) is 54.5 Å². The number of fused-ring (bicyclic) bond motifs is 4. The van der Waals surface area contributed by atoms with Crippen LogP contribution in [0.5, 0.6) is 5.75 Å². The highest BCUT2D eigenvalue weighted by Gasteiger charge is 2.55. The molecular formula is C20H20O2. The summed E-state index contributed by atoms with van der Waals surface area (Å²) >= 11 is 0. The van der Waals surface area contributed by atoms with Gasteiger partial charge in [-0.3, -0.25) is 0 Å². The van der Waals surface area contributed by atoms with Crippen LogP contribution < -0.4 is 0 Å². The van der Waals surface area contributed by atoms with Crippen molar-refractivity contribution in [1.29, 1.82) is 0 Å². The Hall–Kier alpha value is -1.98. The largest absolute Gasteiger partial charge is 0.508 e. The van der Waals surface area contributed by atoms with Crippen molar-refractivity contribution >= 4 is 6.08 Å². The first-order valence-electron chi connectivity index (χ1n) is 7.93. The van der Waals surface area contributed by atoms with Crippen molar-refractivity contribution in [3.8, 4) is 18.1 Å². The van der Waals surface area contributed by atoms with E-state index >= 15 is 0 Å². The van der Waals surface area contributed by atoms with E-state index in [4.69, 9.17) is 6.42 Å². The summed E-state index contributed by atoms with van der Waals surface area (Å²) in [4.78, 5) is 0. The fraction of sp³-hybridized carbons (Fsp3) is 0.400. The van der Waals surface area contributed by atoms with E-state index in [1.54, 1.807) is 6.07 Å². The monoisotopic (exact) mass is 292 g/mol. The summed E-state index contributed by atoms with van der Waals surface area (Å²) in [6.45, 7) is 2.12. The van der Waals surface area contributed by atoms with Crippen molar-refractivity contribution in [2.75, 3.05) is 0 Å². The van der Waals surface area contributed by atoms with Crippen LogP contribution in [0.2, 0.25) is 0 Å². The van der Waals surface area contributed by atoms with E-state index in [9.17, 15) is 10.2 Å². The van der Waals surface area contributed by atoms with Gasteiger partial charge in [0.1, 0.15) is 11.4 Å². The van der Waals surface area contributed by atoms with E-state index in [-0.39, 0.29) is 5.41 Å². The molecule has 2 nitrogen and oxygen atoms in total. The maximum Gasteiger partial charge on any atom is 0.134 e. The van der Waals surface area contributed by atoms with Crippen LogP contribution >= 0.6 is 0 Å². The molecule has 0 amide bonds. The zero-order valence-corrected chi connectivity index (χ0v) is 12.8. The highest BCUT2D eigenvalue weighted by molar-refractivity contribution is 5.67. The van der Waals surface area contributed by atoms with Crippen molar-refractivity contribution in [2.45, 2.75) is 44.1 Å². The van der Waals surface area contributed by atoms with Gasteiger partial charge in [-0.1, -0.05) is 36.6 Å². The Morgan fingerprint density at radius 2 is 2.09 bits per heavy atom. The number of phenols is 1. The van der Waals surface area contributed by atoms with Crippen molar-refractivity contribution in [3.05, 3.63) is 46.5 Å². The molecule has 0 radical (unpaired) electrons. The van der Waals surface area contributed by atoms with Crippen LogP contribution in [0.15, 0.2) is 35.4 Å². The summed E-state index contributed by atoms with van der Waals surface area (Å²) in [5.41, 5.74) is 3.73.